The molecule has 96 valence electrons. The number of aromatic nitrogens is 1. The summed E-state index contributed by atoms with van der Waals surface area (Å²) in [5, 5.41) is 22.2. The number of aromatic hydroxyl groups is 1. The van der Waals surface area contributed by atoms with E-state index in [1.807, 2.05) is 6.92 Å². The number of nitrogens with one attached hydrogen (secondary N) is 1. The standard InChI is InChI=1S/C12H20N2O3/c1-3-17-5-4-13-7-11-10(8-15)6-14-9(2)12(11)16/h6,13,15-16H,3-5,7-8H2,1-2H3. The van der Waals surface area contributed by atoms with Crippen molar-refractivity contribution >= 4 is 0 Å². The number of aliphatic hydroxyl groups excluding tert-OH is 1. The first-order valence-electron chi connectivity index (χ1n) is 5.76. The molecule has 1 aromatic rings. The van der Waals surface area contributed by atoms with E-state index in [-0.39, 0.29) is 12.4 Å². The van der Waals surface area contributed by atoms with Crippen molar-refractivity contribution in [3.8, 4) is 5.75 Å². The summed E-state index contributed by atoms with van der Waals surface area (Å²) in [5.74, 6) is 0.153. The van der Waals surface area contributed by atoms with E-state index in [4.69, 9.17) is 4.74 Å². The zero-order chi connectivity index (χ0) is 12.7. The topological polar surface area (TPSA) is 74.6 Å². The molecule has 3 N–H and O–H groups in total. The molecule has 0 saturated carbocycles. The van der Waals surface area contributed by atoms with Gasteiger partial charge in [-0.3, -0.25) is 4.98 Å². The molecule has 0 saturated heterocycles. The van der Waals surface area contributed by atoms with E-state index in [9.17, 15) is 10.2 Å². The maximum absolute atomic E-state index is 9.87. The SMILES string of the molecule is CCOCCNCc1c(CO)cnc(C)c1O. The van der Waals surface area contributed by atoms with Crippen molar-refractivity contribution in [1.29, 1.82) is 0 Å². The van der Waals surface area contributed by atoms with Gasteiger partial charge in [-0.15, -0.1) is 0 Å². The van der Waals surface area contributed by atoms with Gasteiger partial charge in [0.25, 0.3) is 0 Å². The smallest absolute Gasteiger partial charge is 0.141 e. The van der Waals surface area contributed by atoms with Gasteiger partial charge in [0, 0.05) is 37.0 Å². The van der Waals surface area contributed by atoms with Gasteiger partial charge in [-0.25, -0.2) is 0 Å². The van der Waals surface area contributed by atoms with Crippen LogP contribution in [0.25, 0.3) is 0 Å². The minimum absolute atomic E-state index is 0.122. The van der Waals surface area contributed by atoms with Crippen LogP contribution in [0, 0.1) is 6.92 Å². The van der Waals surface area contributed by atoms with E-state index in [0.717, 1.165) is 0 Å². The van der Waals surface area contributed by atoms with E-state index in [0.29, 0.717) is 43.1 Å². The van der Waals surface area contributed by atoms with Crippen molar-refractivity contribution in [2.45, 2.75) is 27.0 Å². The van der Waals surface area contributed by atoms with E-state index in [2.05, 4.69) is 10.3 Å². The average Bonchev–Trinajstić information content (AvgIpc) is 2.34. The number of pyridine rings is 1. The number of aryl methyl sites for hydroxylation is 1. The lowest BCUT2D eigenvalue weighted by molar-refractivity contribution is 0.149. The lowest BCUT2D eigenvalue weighted by Gasteiger charge is -2.12. The molecule has 5 heteroatoms. The summed E-state index contributed by atoms with van der Waals surface area (Å²) < 4.78 is 5.20. The van der Waals surface area contributed by atoms with E-state index < -0.39 is 0 Å². The predicted octanol–water partition coefficient (Wildman–Crippen LogP) is 0.714. The van der Waals surface area contributed by atoms with Gasteiger partial charge in [-0.05, 0) is 13.8 Å². The van der Waals surface area contributed by atoms with E-state index in [1.54, 1.807) is 13.1 Å². The Kier molecular flexibility index (Phi) is 5.90. The number of nitrogens with zero attached hydrogens (tertiary/aromatic N) is 1. The Morgan fingerprint density at radius 3 is 2.88 bits per heavy atom. The van der Waals surface area contributed by atoms with Crippen LogP contribution in [0.15, 0.2) is 6.20 Å². The number of hydrogen-bond donors (Lipinski definition) is 3. The molecule has 0 unspecified atom stereocenters. The largest absolute Gasteiger partial charge is 0.506 e. The Hall–Kier alpha value is -1.17. The lowest BCUT2D eigenvalue weighted by atomic mass is 10.1. The van der Waals surface area contributed by atoms with Gasteiger partial charge in [0.15, 0.2) is 0 Å². The first-order valence-corrected chi connectivity index (χ1v) is 5.76. The fraction of sp³-hybridized carbons (Fsp3) is 0.583. The summed E-state index contributed by atoms with van der Waals surface area (Å²) in [6.07, 6.45) is 1.59. The normalized spacial score (nSPS) is 10.8. The summed E-state index contributed by atoms with van der Waals surface area (Å²) in [6.45, 7) is 6.10. The van der Waals surface area contributed by atoms with Crippen molar-refractivity contribution in [3.05, 3.63) is 23.0 Å². The van der Waals surface area contributed by atoms with Gasteiger partial charge in [-0.2, -0.15) is 0 Å². The van der Waals surface area contributed by atoms with Crippen molar-refractivity contribution in [1.82, 2.24) is 10.3 Å². The molecule has 0 aromatic carbocycles. The van der Waals surface area contributed by atoms with Crippen LogP contribution in [-0.4, -0.2) is 35.0 Å². The monoisotopic (exact) mass is 240 g/mol. The summed E-state index contributed by atoms with van der Waals surface area (Å²) in [4.78, 5) is 4.01. The first kappa shape index (κ1) is 13.9. The lowest BCUT2D eigenvalue weighted by Crippen LogP contribution is -2.20. The van der Waals surface area contributed by atoms with Gasteiger partial charge in [0.2, 0.25) is 0 Å². The summed E-state index contributed by atoms with van der Waals surface area (Å²) >= 11 is 0. The minimum atomic E-state index is -0.122. The quantitative estimate of drug-likeness (QED) is 0.612. The van der Waals surface area contributed by atoms with Crippen molar-refractivity contribution < 1.29 is 14.9 Å². The Morgan fingerprint density at radius 2 is 2.24 bits per heavy atom. The fourth-order valence-electron chi connectivity index (χ4n) is 1.52. The van der Waals surface area contributed by atoms with Crippen LogP contribution in [0.3, 0.4) is 0 Å². The molecule has 0 aliphatic heterocycles. The van der Waals surface area contributed by atoms with E-state index in [1.165, 1.54) is 0 Å². The molecule has 0 radical (unpaired) electrons. The second kappa shape index (κ2) is 7.21. The van der Waals surface area contributed by atoms with Gasteiger partial charge < -0.3 is 20.3 Å². The molecular weight excluding hydrogens is 220 g/mol. The van der Waals surface area contributed by atoms with Crippen molar-refractivity contribution in [2.24, 2.45) is 0 Å². The Bertz CT molecular complexity index is 356. The number of rotatable bonds is 7. The third kappa shape index (κ3) is 3.96. The minimum Gasteiger partial charge on any atom is -0.506 e. The maximum Gasteiger partial charge on any atom is 0.141 e. The van der Waals surface area contributed by atoms with Gasteiger partial charge in [-0.1, -0.05) is 0 Å². The molecule has 5 nitrogen and oxygen atoms in total. The number of ether oxygens (including phenoxy) is 1. The summed E-state index contributed by atoms with van der Waals surface area (Å²) in [5.41, 5.74) is 1.93. The highest BCUT2D eigenvalue weighted by molar-refractivity contribution is 5.40. The van der Waals surface area contributed by atoms with Crippen LogP contribution in [0.2, 0.25) is 0 Å². The molecule has 0 aliphatic carbocycles. The highest BCUT2D eigenvalue weighted by Gasteiger charge is 2.10. The Balaban J connectivity index is 2.59. The van der Waals surface area contributed by atoms with Crippen LogP contribution in [0.5, 0.6) is 5.75 Å². The van der Waals surface area contributed by atoms with E-state index >= 15 is 0 Å². The highest BCUT2D eigenvalue weighted by atomic mass is 16.5. The molecule has 0 bridgehead atoms. The van der Waals surface area contributed by atoms with Gasteiger partial charge in [0.05, 0.1) is 18.9 Å². The first-order chi connectivity index (χ1) is 8.20. The van der Waals surface area contributed by atoms with Crippen LogP contribution in [0.1, 0.15) is 23.7 Å². The molecule has 1 rings (SSSR count). The molecule has 0 aliphatic rings. The summed E-state index contributed by atoms with van der Waals surface area (Å²) in [6, 6.07) is 0. The van der Waals surface area contributed by atoms with Crippen molar-refractivity contribution in [3.63, 3.8) is 0 Å². The Labute approximate surface area is 101 Å². The maximum atomic E-state index is 9.87. The van der Waals surface area contributed by atoms with Crippen LogP contribution in [0.4, 0.5) is 0 Å². The molecule has 0 fully saturated rings. The van der Waals surface area contributed by atoms with Gasteiger partial charge >= 0.3 is 0 Å². The number of aliphatic hydroxyl groups is 1. The molecule has 1 aromatic heterocycles. The zero-order valence-corrected chi connectivity index (χ0v) is 10.4. The third-order valence-electron chi connectivity index (χ3n) is 2.53. The summed E-state index contributed by atoms with van der Waals surface area (Å²) in [7, 11) is 0. The Morgan fingerprint density at radius 1 is 1.47 bits per heavy atom. The molecule has 17 heavy (non-hydrogen) atoms. The predicted molar refractivity (Wildman–Crippen MR) is 64.8 cm³/mol. The zero-order valence-electron chi connectivity index (χ0n) is 10.4. The van der Waals surface area contributed by atoms with Crippen LogP contribution >= 0.6 is 0 Å². The van der Waals surface area contributed by atoms with Crippen molar-refractivity contribution in [2.75, 3.05) is 19.8 Å². The molecule has 0 spiro atoms. The third-order valence-corrected chi connectivity index (χ3v) is 2.53. The molecular formula is C12H20N2O3. The highest BCUT2D eigenvalue weighted by Crippen LogP contribution is 2.23. The molecule has 0 amide bonds. The number of hydrogen-bond acceptors (Lipinski definition) is 5. The second-order valence-electron chi connectivity index (χ2n) is 3.73. The van der Waals surface area contributed by atoms with Gasteiger partial charge in [0.1, 0.15) is 5.75 Å². The fourth-order valence-corrected chi connectivity index (χ4v) is 1.52. The average molecular weight is 240 g/mol. The van der Waals surface area contributed by atoms with Crippen LogP contribution < -0.4 is 5.32 Å². The second-order valence-corrected chi connectivity index (χ2v) is 3.73. The molecule has 0 atom stereocenters. The molecule has 1 heterocycles. The van der Waals surface area contributed by atoms with Crippen LogP contribution in [-0.2, 0) is 17.9 Å².